The average molecular weight is 387 g/mol. The van der Waals surface area contributed by atoms with Gasteiger partial charge in [-0.1, -0.05) is 52.0 Å². The minimum atomic E-state index is -3.65. The molecule has 2 rings (SSSR count). The number of sulfonamides is 1. The van der Waals surface area contributed by atoms with Crippen molar-refractivity contribution in [2.75, 3.05) is 7.05 Å². The summed E-state index contributed by atoms with van der Waals surface area (Å²) < 4.78 is 27.3. The fourth-order valence-electron chi connectivity index (χ4n) is 2.38. The van der Waals surface area contributed by atoms with Crippen LogP contribution in [0, 0.1) is 0 Å². The normalized spacial score (nSPS) is 17.3. The van der Waals surface area contributed by atoms with Gasteiger partial charge in [0.15, 0.2) is 0 Å². The Balaban J connectivity index is 2.44. The summed E-state index contributed by atoms with van der Waals surface area (Å²) in [4.78, 5) is -0.00608. The molecule has 0 aromatic heterocycles. The van der Waals surface area contributed by atoms with Crippen molar-refractivity contribution < 1.29 is 8.42 Å². The van der Waals surface area contributed by atoms with Crippen LogP contribution >= 0.6 is 39.1 Å². The van der Waals surface area contributed by atoms with E-state index in [1.165, 1.54) is 4.31 Å². The molecule has 0 bridgehead atoms. The first-order chi connectivity index (χ1) is 8.84. The van der Waals surface area contributed by atoms with Crippen molar-refractivity contribution in [3.05, 3.63) is 26.7 Å². The van der Waals surface area contributed by atoms with Crippen molar-refractivity contribution in [2.45, 2.75) is 36.6 Å². The number of halogens is 3. The molecule has 1 fully saturated rings. The Kier molecular flexibility index (Phi) is 4.83. The van der Waals surface area contributed by atoms with Crippen LogP contribution in [-0.2, 0) is 10.0 Å². The second-order valence-electron chi connectivity index (χ2n) is 4.66. The molecule has 1 saturated carbocycles. The van der Waals surface area contributed by atoms with E-state index in [0.717, 1.165) is 25.7 Å². The zero-order valence-corrected chi connectivity index (χ0v) is 14.3. The van der Waals surface area contributed by atoms with E-state index in [9.17, 15) is 8.42 Å². The molecule has 7 heteroatoms. The molecule has 1 aromatic carbocycles. The lowest BCUT2D eigenvalue weighted by molar-refractivity contribution is 0.373. The van der Waals surface area contributed by atoms with Crippen LogP contribution in [0.4, 0.5) is 0 Å². The molecule has 0 spiro atoms. The van der Waals surface area contributed by atoms with Gasteiger partial charge in [0, 0.05) is 17.6 Å². The molecule has 0 N–H and O–H groups in total. The van der Waals surface area contributed by atoms with Crippen LogP contribution in [-0.4, -0.2) is 25.8 Å². The molecule has 106 valence electrons. The van der Waals surface area contributed by atoms with Gasteiger partial charge in [0.25, 0.3) is 0 Å². The molecule has 0 heterocycles. The van der Waals surface area contributed by atoms with E-state index in [2.05, 4.69) is 15.9 Å². The lowest BCUT2D eigenvalue weighted by atomic mass is 10.3. The monoisotopic (exact) mass is 385 g/mol. The zero-order chi connectivity index (χ0) is 14.2. The van der Waals surface area contributed by atoms with Gasteiger partial charge in [0.05, 0.1) is 10.0 Å². The summed E-state index contributed by atoms with van der Waals surface area (Å²) in [6, 6.07) is 3.13. The summed E-state index contributed by atoms with van der Waals surface area (Å²) in [6.45, 7) is 0. The summed E-state index contributed by atoms with van der Waals surface area (Å²) in [5.74, 6) is 0. The summed E-state index contributed by atoms with van der Waals surface area (Å²) >= 11 is 15.3. The number of benzene rings is 1. The fraction of sp³-hybridized carbons (Fsp3) is 0.500. The average Bonchev–Trinajstić information content (AvgIpc) is 2.78. The number of nitrogens with zero attached hydrogens (tertiary/aromatic N) is 1. The third kappa shape index (κ3) is 3.10. The standard InChI is InChI=1S/C12H14BrCl2NO2S/c1-16(9-4-2-3-5-9)19(17,18)12-10(14)6-8(13)7-11(12)15/h6-7,9H,2-5H2,1H3. The zero-order valence-electron chi connectivity index (χ0n) is 10.4. The Labute approximate surface area is 132 Å². The highest BCUT2D eigenvalue weighted by Gasteiger charge is 2.33. The van der Waals surface area contributed by atoms with Crippen LogP contribution in [0.3, 0.4) is 0 Å². The van der Waals surface area contributed by atoms with Crippen LogP contribution in [0.5, 0.6) is 0 Å². The van der Waals surface area contributed by atoms with Crippen molar-refractivity contribution in [3.63, 3.8) is 0 Å². The van der Waals surface area contributed by atoms with Gasteiger partial charge in [-0.3, -0.25) is 0 Å². The maximum absolute atomic E-state index is 12.6. The molecule has 0 aliphatic heterocycles. The Morgan fingerprint density at radius 2 is 1.68 bits per heavy atom. The van der Waals surface area contributed by atoms with Crippen LogP contribution in [0.15, 0.2) is 21.5 Å². The lowest BCUT2D eigenvalue weighted by Gasteiger charge is -2.24. The first-order valence-electron chi connectivity index (χ1n) is 5.96. The predicted octanol–water partition coefficient (Wildman–Crippen LogP) is 4.32. The summed E-state index contributed by atoms with van der Waals surface area (Å²) in [5, 5.41) is 0.286. The van der Waals surface area contributed by atoms with Gasteiger partial charge >= 0.3 is 0 Å². The van der Waals surface area contributed by atoms with E-state index < -0.39 is 10.0 Å². The maximum Gasteiger partial charge on any atom is 0.246 e. The third-order valence-corrected chi connectivity index (χ3v) is 6.73. The first kappa shape index (κ1) is 15.6. The van der Waals surface area contributed by atoms with Gasteiger partial charge in [-0.2, -0.15) is 4.31 Å². The molecule has 0 amide bonds. The second kappa shape index (κ2) is 5.90. The molecule has 0 radical (unpaired) electrons. The van der Waals surface area contributed by atoms with E-state index in [0.29, 0.717) is 4.47 Å². The molecule has 1 aromatic rings. The molecule has 0 atom stereocenters. The minimum Gasteiger partial charge on any atom is -0.207 e. The lowest BCUT2D eigenvalue weighted by Crippen LogP contribution is -2.35. The quantitative estimate of drug-likeness (QED) is 0.775. The SMILES string of the molecule is CN(C1CCCC1)S(=O)(=O)c1c(Cl)cc(Br)cc1Cl. The maximum atomic E-state index is 12.6. The fourth-order valence-corrected chi connectivity index (χ4v) is 5.68. The van der Waals surface area contributed by atoms with Gasteiger partial charge in [-0.25, -0.2) is 8.42 Å². The Morgan fingerprint density at radius 3 is 2.16 bits per heavy atom. The summed E-state index contributed by atoms with van der Waals surface area (Å²) in [5.41, 5.74) is 0. The van der Waals surface area contributed by atoms with Crippen molar-refractivity contribution in [1.82, 2.24) is 4.31 Å². The smallest absolute Gasteiger partial charge is 0.207 e. The Bertz CT molecular complexity index is 562. The molecular formula is C12H14BrCl2NO2S. The second-order valence-corrected chi connectivity index (χ2v) is 8.32. The van der Waals surface area contributed by atoms with Gasteiger partial charge in [-0.05, 0) is 25.0 Å². The number of hydrogen-bond acceptors (Lipinski definition) is 2. The van der Waals surface area contributed by atoms with Gasteiger partial charge in [0.1, 0.15) is 4.90 Å². The number of rotatable bonds is 3. The van der Waals surface area contributed by atoms with E-state index >= 15 is 0 Å². The molecule has 3 nitrogen and oxygen atoms in total. The van der Waals surface area contributed by atoms with Crippen molar-refractivity contribution in [2.24, 2.45) is 0 Å². The van der Waals surface area contributed by atoms with Gasteiger partial charge in [-0.15, -0.1) is 0 Å². The topological polar surface area (TPSA) is 37.4 Å². The molecule has 0 unspecified atom stereocenters. The van der Waals surface area contributed by atoms with Crippen LogP contribution < -0.4 is 0 Å². The molecule has 0 saturated heterocycles. The summed E-state index contributed by atoms with van der Waals surface area (Å²) in [7, 11) is -2.05. The largest absolute Gasteiger partial charge is 0.246 e. The van der Waals surface area contributed by atoms with Crippen LogP contribution in [0.25, 0.3) is 0 Å². The molecule has 19 heavy (non-hydrogen) atoms. The van der Waals surface area contributed by atoms with Crippen molar-refractivity contribution in [3.8, 4) is 0 Å². The van der Waals surface area contributed by atoms with Crippen molar-refractivity contribution in [1.29, 1.82) is 0 Å². The highest BCUT2D eigenvalue weighted by Crippen LogP contribution is 2.36. The first-order valence-corrected chi connectivity index (χ1v) is 8.95. The van der Waals surface area contributed by atoms with Gasteiger partial charge < -0.3 is 0 Å². The van der Waals surface area contributed by atoms with Crippen LogP contribution in [0.2, 0.25) is 10.0 Å². The van der Waals surface area contributed by atoms with E-state index in [1.807, 2.05) is 0 Å². The highest BCUT2D eigenvalue weighted by molar-refractivity contribution is 9.10. The number of hydrogen-bond donors (Lipinski definition) is 0. The molecule has 1 aliphatic carbocycles. The van der Waals surface area contributed by atoms with Gasteiger partial charge in [0.2, 0.25) is 10.0 Å². The molecule has 1 aliphatic rings. The van der Waals surface area contributed by atoms with E-state index in [4.69, 9.17) is 23.2 Å². The Hall–Kier alpha value is 0.190. The van der Waals surface area contributed by atoms with Crippen molar-refractivity contribution >= 4 is 49.2 Å². The predicted molar refractivity (Wildman–Crippen MR) is 81.4 cm³/mol. The third-order valence-electron chi connectivity index (χ3n) is 3.44. The Morgan fingerprint density at radius 1 is 1.21 bits per heavy atom. The van der Waals surface area contributed by atoms with Crippen LogP contribution in [0.1, 0.15) is 25.7 Å². The minimum absolute atomic E-state index is 0.00608. The van der Waals surface area contributed by atoms with E-state index in [-0.39, 0.29) is 21.0 Å². The summed E-state index contributed by atoms with van der Waals surface area (Å²) in [6.07, 6.45) is 3.90. The molecular weight excluding hydrogens is 373 g/mol. The highest BCUT2D eigenvalue weighted by atomic mass is 79.9. The van der Waals surface area contributed by atoms with E-state index in [1.54, 1.807) is 19.2 Å².